The topological polar surface area (TPSA) is 86.1 Å². The Morgan fingerprint density at radius 3 is 2.66 bits per heavy atom. The summed E-state index contributed by atoms with van der Waals surface area (Å²) in [6.45, 7) is 1.73. The molecular weight excluding hydrogens is 412 g/mol. The molecule has 1 aromatic heterocycles. The lowest BCUT2D eigenvalue weighted by Crippen LogP contribution is -2.15. The van der Waals surface area contributed by atoms with Gasteiger partial charge in [-0.2, -0.15) is 0 Å². The number of halogens is 1. The molecule has 9 heteroatoms. The molecule has 0 atom stereocenters. The van der Waals surface area contributed by atoms with Crippen molar-refractivity contribution < 1.29 is 14.3 Å². The van der Waals surface area contributed by atoms with Crippen molar-refractivity contribution in [3.8, 4) is 5.75 Å². The third-order valence-corrected chi connectivity index (χ3v) is 5.26. The lowest BCUT2D eigenvalue weighted by atomic mass is 10.1. The minimum absolute atomic E-state index is 0.0529. The third kappa shape index (κ3) is 5.82. The maximum absolute atomic E-state index is 12.2. The van der Waals surface area contributed by atoms with Crippen LogP contribution in [0.2, 0.25) is 5.02 Å². The average Bonchev–Trinajstić information content (AvgIpc) is 3.06. The number of nitrogens with zero attached hydrogens (tertiary/aromatic N) is 3. The second-order valence-corrected chi connectivity index (χ2v) is 7.55. The minimum atomic E-state index is -0.197. The number of nitrogens with one attached hydrogen (secondary N) is 1. The van der Waals surface area contributed by atoms with Crippen molar-refractivity contribution in [3.05, 3.63) is 64.9 Å². The van der Waals surface area contributed by atoms with Gasteiger partial charge in [0, 0.05) is 23.3 Å². The molecule has 0 aliphatic heterocycles. The highest BCUT2D eigenvalue weighted by Gasteiger charge is 2.12. The monoisotopic (exact) mass is 430 g/mol. The van der Waals surface area contributed by atoms with Gasteiger partial charge in [-0.05, 0) is 43.3 Å². The predicted octanol–water partition coefficient (Wildman–Crippen LogP) is 3.98. The zero-order valence-corrected chi connectivity index (χ0v) is 17.5. The molecule has 1 amide bonds. The number of ketones is 1. The number of thioether (sulfide) groups is 1. The molecule has 3 rings (SSSR count). The lowest BCUT2D eigenvalue weighted by Gasteiger charge is -2.07. The van der Waals surface area contributed by atoms with Crippen molar-refractivity contribution in [1.82, 2.24) is 14.8 Å². The highest BCUT2D eigenvalue weighted by molar-refractivity contribution is 7.99. The van der Waals surface area contributed by atoms with E-state index in [0.717, 1.165) is 0 Å². The molecule has 0 spiro atoms. The van der Waals surface area contributed by atoms with Crippen LogP contribution in [0.4, 0.5) is 5.69 Å². The van der Waals surface area contributed by atoms with Crippen LogP contribution in [0.1, 0.15) is 23.1 Å². The molecule has 0 bridgehead atoms. The Morgan fingerprint density at radius 1 is 1.17 bits per heavy atom. The van der Waals surface area contributed by atoms with Gasteiger partial charge in [-0.15, -0.1) is 10.2 Å². The van der Waals surface area contributed by atoms with Crippen LogP contribution in [-0.2, 0) is 18.4 Å². The number of aromatic nitrogens is 3. The van der Waals surface area contributed by atoms with Gasteiger partial charge in [0.15, 0.2) is 16.8 Å². The van der Waals surface area contributed by atoms with Crippen molar-refractivity contribution in [3.63, 3.8) is 0 Å². The molecule has 0 aliphatic carbocycles. The fourth-order valence-electron chi connectivity index (χ4n) is 2.42. The number of carbonyl (C=O) groups excluding carboxylic acids is 2. The third-order valence-electron chi connectivity index (χ3n) is 3.99. The predicted molar refractivity (Wildman–Crippen MR) is 113 cm³/mol. The fraction of sp³-hybridized carbons (Fsp3) is 0.200. The Bertz CT molecular complexity index is 1020. The van der Waals surface area contributed by atoms with Gasteiger partial charge in [0.25, 0.3) is 0 Å². The second kappa shape index (κ2) is 9.58. The molecule has 0 aliphatic rings. The van der Waals surface area contributed by atoms with Crippen LogP contribution in [0.3, 0.4) is 0 Å². The van der Waals surface area contributed by atoms with E-state index in [1.807, 2.05) is 7.05 Å². The van der Waals surface area contributed by atoms with Gasteiger partial charge in [-0.3, -0.25) is 9.59 Å². The molecule has 2 aromatic carbocycles. The van der Waals surface area contributed by atoms with Gasteiger partial charge in [-0.25, -0.2) is 0 Å². The molecule has 1 N–H and O–H groups in total. The van der Waals surface area contributed by atoms with Crippen LogP contribution in [-0.4, -0.2) is 32.2 Å². The maximum atomic E-state index is 12.2. The molecule has 3 aromatic rings. The van der Waals surface area contributed by atoms with E-state index in [2.05, 4.69) is 15.5 Å². The number of carbonyl (C=O) groups is 2. The second-order valence-electron chi connectivity index (χ2n) is 6.17. The molecule has 150 valence electrons. The maximum Gasteiger partial charge on any atom is 0.234 e. The highest BCUT2D eigenvalue weighted by Crippen LogP contribution is 2.19. The smallest absolute Gasteiger partial charge is 0.234 e. The first-order chi connectivity index (χ1) is 13.9. The summed E-state index contributed by atoms with van der Waals surface area (Å²) in [6.07, 6.45) is 0. The first-order valence-corrected chi connectivity index (χ1v) is 10.1. The summed E-state index contributed by atoms with van der Waals surface area (Å²) in [5.74, 6) is 1.23. The van der Waals surface area contributed by atoms with Crippen molar-refractivity contribution in [2.45, 2.75) is 18.7 Å². The number of hydrogen-bond donors (Lipinski definition) is 1. The fourth-order valence-corrected chi connectivity index (χ4v) is 3.27. The molecule has 1 heterocycles. The van der Waals surface area contributed by atoms with Gasteiger partial charge in [0.1, 0.15) is 12.4 Å². The van der Waals surface area contributed by atoms with Gasteiger partial charge in [-0.1, -0.05) is 35.5 Å². The van der Waals surface area contributed by atoms with Crippen LogP contribution in [0.15, 0.2) is 53.7 Å². The van der Waals surface area contributed by atoms with Crippen LogP contribution in [0, 0.1) is 0 Å². The first-order valence-electron chi connectivity index (χ1n) is 8.72. The highest BCUT2D eigenvalue weighted by atomic mass is 35.5. The van der Waals surface area contributed by atoms with Gasteiger partial charge >= 0.3 is 0 Å². The van der Waals surface area contributed by atoms with Crippen molar-refractivity contribution in [2.24, 2.45) is 7.05 Å². The average molecular weight is 431 g/mol. The molecule has 7 nitrogen and oxygen atoms in total. The molecule has 0 radical (unpaired) electrons. The largest absolute Gasteiger partial charge is 0.486 e. The van der Waals surface area contributed by atoms with E-state index in [1.165, 1.54) is 18.7 Å². The van der Waals surface area contributed by atoms with E-state index in [0.29, 0.717) is 33.0 Å². The van der Waals surface area contributed by atoms with Crippen molar-refractivity contribution in [1.29, 1.82) is 0 Å². The zero-order valence-electron chi connectivity index (χ0n) is 15.9. The molecule has 29 heavy (non-hydrogen) atoms. The molecular formula is C20H19ClN4O3S. The van der Waals surface area contributed by atoms with Crippen LogP contribution >= 0.6 is 23.4 Å². The molecule has 0 saturated carbocycles. The minimum Gasteiger partial charge on any atom is -0.486 e. The summed E-state index contributed by atoms with van der Waals surface area (Å²) < 4.78 is 7.46. The Labute approximate surface area is 177 Å². The molecule has 0 unspecified atom stereocenters. The summed E-state index contributed by atoms with van der Waals surface area (Å²) in [6, 6.07) is 13.9. The SMILES string of the molecule is CC(=O)c1cccc(NC(=O)CSc2nnc(COc3ccc(Cl)cc3)n2C)c1. The number of ether oxygens (including phenoxy) is 1. The van der Waals surface area contributed by atoms with Crippen molar-refractivity contribution in [2.75, 3.05) is 11.1 Å². The Kier molecular flexibility index (Phi) is 6.90. The van der Waals surface area contributed by atoms with Crippen LogP contribution < -0.4 is 10.1 Å². The molecule has 0 saturated heterocycles. The number of benzene rings is 2. The first kappa shape index (κ1) is 20.9. The summed E-state index contributed by atoms with van der Waals surface area (Å²) in [4.78, 5) is 23.7. The van der Waals surface area contributed by atoms with Crippen LogP contribution in [0.25, 0.3) is 0 Å². The Balaban J connectivity index is 1.53. The van der Waals surface area contributed by atoms with E-state index >= 15 is 0 Å². The summed E-state index contributed by atoms with van der Waals surface area (Å²) >= 11 is 7.12. The quantitative estimate of drug-likeness (QED) is 0.429. The number of Topliss-reactive ketones (excluding diaryl/α,β-unsaturated/α-hetero) is 1. The Hall–Kier alpha value is -2.84. The number of hydrogen-bond acceptors (Lipinski definition) is 6. The Morgan fingerprint density at radius 2 is 1.93 bits per heavy atom. The summed E-state index contributed by atoms with van der Waals surface area (Å²) in [7, 11) is 1.82. The molecule has 0 fully saturated rings. The number of anilines is 1. The van der Waals surface area contributed by atoms with Crippen molar-refractivity contribution >= 4 is 40.7 Å². The van der Waals surface area contributed by atoms with E-state index in [4.69, 9.17) is 16.3 Å². The number of rotatable bonds is 8. The van der Waals surface area contributed by atoms with Crippen LogP contribution in [0.5, 0.6) is 5.75 Å². The standard InChI is InChI=1S/C20H19ClN4O3S/c1-13(26)14-4-3-5-16(10-14)22-19(27)12-29-20-24-23-18(25(20)2)11-28-17-8-6-15(21)7-9-17/h3-10H,11-12H2,1-2H3,(H,22,27). The van der Waals surface area contributed by atoms with Gasteiger partial charge < -0.3 is 14.6 Å². The summed E-state index contributed by atoms with van der Waals surface area (Å²) in [5, 5.41) is 12.2. The van der Waals surface area contributed by atoms with Gasteiger partial charge in [0.05, 0.1) is 5.75 Å². The number of amides is 1. The summed E-state index contributed by atoms with van der Waals surface area (Å²) in [5.41, 5.74) is 1.13. The zero-order chi connectivity index (χ0) is 20.8. The van der Waals surface area contributed by atoms with Gasteiger partial charge in [0.2, 0.25) is 5.91 Å². The van der Waals surface area contributed by atoms with E-state index < -0.39 is 0 Å². The van der Waals surface area contributed by atoms with E-state index in [9.17, 15) is 9.59 Å². The normalized spacial score (nSPS) is 10.6. The van der Waals surface area contributed by atoms with E-state index in [1.54, 1.807) is 53.1 Å². The lowest BCUT2D eigenvalue weighted by molar-refractivity contribution is -0.113. The van der Waals surface area contributed by atoms with E-state index in [-0.39, 0.29) is 24.1 Å².